The van der Waals surface area contributed by atoms with Gasteiger partial charge in [-0.05, 0) is 25.0 Å². The molecular formula is C15H20N2O. The highest BCUT2D eigenvalue weighted by molar-refractivity contribution is 5.76. The first-order valence-electron chi connectivity index (χ1n) is 6.95. The van der Waals surface area contributed by atoms with Crippen molar-refractivity contribution in [3.8, 4) is 0 Å². The summed E-state index contributed by atoms with van der Waals surface area (Å²) in [7, 11) is 0. The summed E-state index contributed by atoms with van der Waals surface area (Å²) in [6.45, 7) is 2.13. The number of hydrogen-bond acceptors (Lipinski definition) is 2. The van der Waals surface area contributed by atoms with Crippen LogP contribution in [0.3, 0.4) is 0 Å². The molecule has 0 bridgehead atoms. The van der Waals surface area contributed by atoms with E-state index < -0.39 is 0 Å². The number of imidazole rings is 1. The van der Waals surface area contributed by atoms with Crippen molar-refractivity contribution in [2.75, 3.05) is 0 Å². The Hall–Kier alpha value is -1.35. The number of nitrogens with zero attached hydrogens (tertiary/aromatic N) is 2. The normalized spacial score (nSPS) is 24.6. The lowest BCUT2D eigenvalue weighted by atomic mass is 9.92. The van der Waals surface area contributed by atoms with Crippen LogP contribution in [0.15, 0.2) is 24.3 Å². The summed E-state index contributed by atoms with van der Waals surface area (Å²) < 4.78 is 2.28. The minimum Gasteiger partial charge on any atom is -0.391 e. The Kier molecular flexibility index (Phi) is 3.08. The van der Waals surface area contributed by atoms with Gasteiger partial charge in [-0.1, -0.05) is 31.9 Å². The van der Waals surface area contributed by atoms with Gasteiger partial charge in [0.15, 0.2) is 0 Å². The van der Waals surface area contributed by atoms with Crippen LogP contribution in [0, 0.1) is 0 Å². The van der Waals surface area contributed by atoms with E-state index >= 15 is 0 Å². The molecule has 1 aliphatic rings. The molecule has 2 unspecified atom stereocenters. The molecule has 96 valence electrons. The van der Waals surface area contributed by atoms with Gasteiger partial charge in [-0.15, -0.1) is 0 Å². The van der Waals surface area contributed by atoms with Gasteiger partial charge in [0.05, 0.1) is 23.2 Å². The second-order valence-corrected chi connectivity index (χ2v) is 5.16. The number of rotatable bonds is 2. The molecule has 3 heteroatoms. The second kappa shape index (κ2) is 4.73. The van der Waals surface area contributed by atoms with Crippen molar-refractivity contribution >= 4 is 11.0 Å². The van der Waals surface area contributed by atoms with Crippen molar-refractivity contribution in [3.63, 3.8) is 0 Å². The van der Waals surface area contributed by atoms with Crippen LogP contribution in [-0.2, 0) is 6.42 Å². The van der Waals surface area contributed by atoms with Crippen LogP contribution in [0.5, 0.6) is 0 Å². The van der Waals surface area contributed by atoms with Crippen LogP contribution in [0.2, 0.25) is 0 Å². The fraction of sp³-hybridized carbons (Fsp3) is 0.533. The summed E-state index contributed by atoms with van der Waals surface area (Å²) in [5, 5.41) is 10.3. The highest BCUT2D eigenvalue weighted by Crippen LogP contribution is 2.32. The van der Waals surface area contributed by atoms with E-state index in [-0.39, 0.29) is 12.1 Å². The third-order valence-electron chi connectivity index (χ3n) is 4.01. The SMILES string of the molecule is CCc1nc2ccccc2n1C1CCCCC1O. The predicted molar refractivity (Wildman–Crippen MR) is 72.6 cm³/mol. The lowest BCUT2D eigenvalue weighted by molar-refractivity contribution is 0.0760. The standard InChI is InChI=1S/C15H20N2O/c1-2-15-16-11-7-3-4-8-12(11)17(15)13-9-5-6-10-14(13)18/h3-4,7-8,13-14,18H,2,5-6,9-10H2,1H3. The quantitative estimate of drug-likeness (QED) is 0.881. The molecule has 1 aromatic heterocycles. The smallest absolute Gasteiger partial charge is 0.109 e. The third-order valence-corrected chi connectivity index (χ3v) is 4.01. The van der Waals surface area contributed by atoms with Crippen molar-refractivity contribution in [1.29, 1.82) is 0 Å². The fourth-order valence-electron chi connectivity index (χ4n) is 3.11. The molecule has 18 heavy (non-hydrogen) atoms. The molecular weight excluding hydrogens is 224 g/mol. The van der Waals surface area contributed by atoms with Gasteiger partial charge in [-0.3, -0.25) is 0 Å². The molecule has 3 rings (SSSR count). The van der Waals surface area contributed by atoms with Gasteiger partial charge in [-0.25, -0.2) is 4.98 Å². The molecule has 0 amide bonds. The van der Waals surface area contributed by atoms with E-state index in [1.54, 1.807) is 0 Å². The molecule has 0 radical (unpaired) electrons. The van der Waals surface area contributed by atoms with E-state index in [4.69, 9.17) is 4.98 Å². The third kappa shape index (κ3) is 1.83. The van der Waals surface area contributed by atoms with Crippen LogP contribution >= 0.6 is 0 Å². The van der Waals surface area contributed by atoms with Gasteiger partial charge in [-0.2, -0.15) is 0 Å². The molecule has 1 fully saturated rings. The Balaban J connectivity index is 2.13. The molecule has 1 saturated carbocycles. The maximum atomic E-state index is 10.3. The van der Waals surface area contributed by atoms with Crippen LogP contribution in [0.4, 0.5) is 0 Å². The van der Waals surface area contributed by atoms with E-state index in [1.807, 2.05) is 6.07 Å². The topological polar surface area (TPSA) is 38.0 Å². The Bertz CT molecular complexity index is 546. The van der Waals surface area contributed by atoms with Crippen LogP contribution < -0.4 is 0 Å². The average molecular weight is 244 g/mol. The largest absolute Gasteiger partial charge is 0.391 e. The summed E-state index contributed by atoms with van der Waals surface area (Å²) in [6, 6.07) is 8.45. The zero-order valence-electron chi connectivity index (χ0n) is 10.8. The lowest BCUT2D eigenvalue weighted by Crippen LogP contribution is -2.28. The maximum absolute atomic E-state index is 10.3. The van der Waals surface area contributed by atoms with Gasteiger partial charge in [0, 0.05) is 6.42 Å². The Morgan fingerprint density at radius 2 is 2.06 bits per heavy atom. The molecule has 1 heterocycles. The molecule has 0 aliphatic heterocycles. The summed E-state index contributed by atoms with van der Waals surface area (Å²) in [5.74, 6) is 1.10. The van der Waals surface area contributed by atoms with Crippen LogP contribution in [-0.4, -0.2) is 20.8 Å². The molecule has 2 atom stereocenters. The lowest BCUT2D eigenvalue weighted by Gasteiger charge is -2.30. The van der Waals surface area contributed by atoms with Crippen molar-refractivity contribution < 1.29 is 5.11 Å². The Morgan fingerprint density at radius 3 is 2.83 bits per heavy atom. The predicted octanol–water partition coefficient (Wildman–Crippen LogP) is 3.07. The highest BCUT2D eigenvalue weighted by Gasteiger charge is 2.27. The number of aliphatic hydroxyl groups excluding tert-OH is 1. The zero-order valence-corrected chi connectivity index (χ0v) is 10.8. The average Bonchev–Trinajstić information content (AvgIpc) is 2.78. The number of fused-ring (bicyclic) bond motifs is 1. The van der Waals surface area contributed by atoms with E-state index in [2.05, 4.69) is 29.7 Å². The van der Waals surface area contributed by atoms with Gasteiger partial charge < -0.3 is 9.67 Å². The molecule has 3 nitrogen and oxygen atoms in total. The monoisotopic (exact) mass is 244 g/mol. The minimum atomic E-state index is -0.221. The van der Waals surface area contributed by atoms with Gasteiger partial charge in [0.25, 0.3) is 0 Å². The van der Waals surface area contributed by atoms with E-state index in [0.717, 1.165) is 37.0 Å². The maximum Gasteiger partial charge on any atom is 0.109 e. The van der Waals surface area contributed by atoms with E-state index in [1.165, 1.54) is 11.9 Å². The second-order valence-electron chi connectivity index (χ2n) is 5.16. The first kappa shape index (κ1) is 11.7. The minimum absolute atomic E-state index is 0.209. The molecule has 2 aromatic rings. The van der Waals surface area contributed by atoms with Gasteiger partial charge >= 0.3 is 0 Å². The highest BCUT2D eigenvalue weighted by atomic mass is 16.3. The number of aliphatic hydroxyl groups is 1. The Morgan fingerprint density at radius 1 is 1.28 bits per heavy atom. The molecule has 0 spiro atoms. The van der Waals surface area contributed by atoms with E-state index in [9.17, 15) is 5.11 Å². The van der Waals surface area contributed by atoms with Crippen molar-refractivity contribution in [2.24, 2.45) is 0 Å². The van der Waals surface area contributed by atoms with Crippen molar-refractivity contribution in [3.05, 3.63) is 30.1 Å². The number of benzene rings is 1. The number of hydrogen-bond donors (Lipinski definition) is 1. The van der Waals surface area contributed by atoms with E-state index in [0.29, 0.717) is 0 Å². The summed E-state index contributed by atoms with van der Waals surface area (Å²) >= 11 is 0. The fourth-order valence-corrected chi connectivity index (χ4v) is 3.11. The number of aromatic nitrogens is 2. The van der Waals surface area contributed by atoms with Crippen molar-refractivity contribution in [1.82, 2.24) is 9.55 Å². The molecule has 1 aliphatic carbocycles. The first-order chi connectivity index (χ1) is 8.81. The zero-order chi connectivity index (χ0) is 12.5. The number of para-hydroxylation sites is 2. The Labute approximate surface area is 107 Å². The summed E-state index contributed by atoms with van der Waals surface area (Å²) in [4.78, 5) is 4.69. The number of aryl methyl sites for hydroxylation is 1. The van der Waals surface area contributed by atoms with Crippen LogP contribution in [0.25, 0.3) is 11.0 Å². The van der Waals surface area contributed by atoms with Crippen LogP contribution in [0.1, 0.15) is 44.5 Å². The van der Waals surface area contributed by atoms with Gasteiger partial charge in [0.1, 0.15) is 5.82 Å². The molecule has 1 aromatic carbocycles. The van der Waals surface area contributed by atoms with Crippen molar-refractivity contribution in [2.45, 2.75) is 51.2 Å². The molecule has 0 saturated heterocycles. The molecule has 1 N–H and O–H groups in total. The van der Waals surface area contributed by atoms with Gasteiger partial charge in [0.2, 0.25) is 0 Å². The summed E-state index contributed by atoms with van der Waals surface area (Å²) in [5.41, 5.74) is 2.22. The first-order valence-corrected chi connectivity index (χ1v) is 6.95. The summed E-state index contributed by atoms with van der Waals surface area (Å²) in [6.07, 6.45) is 5.03.